The van der Waals surface area contributed by atoms with Gasteiger partial charge in [0.2, 0.25) is 6.41 Å². The van der Waals surface area contributed by atoms with Crippen molar-refractivity contribution in [2.24, 2.45) is 0 Å². The third-order valence-corrected chi connectivity index (χ3v) is 4.67. The summed E-state index contributed by atoms with van der Waals surface area (Å²) in [6.07, 6.45) is 2.23. The van der Waals surface area contributed by atoms with Gasteiger partial charge in [0.15, 0.2) is 0 Å². The first-order valence-corrected chi connectivity index (χ1v) is 8.01. The zero-order chi connectivity index (χ0) is 17.1. The van der Waals surface area contributed by atoms with Gasteiger partial charge >= 0.3 is 0 Å². The number of rotatable bonds is 5. The molecule has 1 unspecified atom stereocenters. The van der Waals surface area contributed by atoms with Crippen molar-refractivity contribution in [3.8, 4) is 5.75 Å². The number of carbonyl (C=O) groups is 1. The van der Waals surface area contributed by atoms with Crippen LogP contribution in [0.4, 0.5) is 0 Å². The Hall–Kier alpha value is -2.37. The van der Waals surface area contributed by atoms with Gasteiger partial charge in [-0.1, -0.05) is 30.3 Å². The van der Waals surface area contributed by atoms with Gasteiger partial charge in [-0.05, 0) is 41.2 Å². The lowest BCUT2D eigenvalue weighted by Gasteiger charge is -2.35. The zero-order valence-corrected chi connectivity index (χ0v) is 13.4. The van der Waals surface area contributed by atoms with E-state index >= 15 is 0 Å². The van der Waals surface area contributed by atoms with Gasteiger partial charge in [-0.15, -0.1) is 0 Å². The van der Waals surface area contributed by atoms with Crippen LogP contribution in [0.15, 0.2) is 36.4 Å². The minimum Gasteiger partial charge on any atom is -0.508 e. The maximum atomic E-state index is 11.5. The average molecular weight is 327 g/mol. The van der Waals surface area contributed by atoms with Crippen molar-refractivity contribution in [3.05, 3.63) is 64.2 Å². The summed E-state index contributed by atoms with van der Waals surface area (Å²) in [5.41, 5.74) is 4.50. The van der Waals surface area contributed by atoms with E-state index in [1.807, 2.05) is 24.3 Å². The highest BCUT2D eigenvalue weighted by Crippen LogP contribution is 2.33. The summed E-state index contributed by atoms with van der Waals surface area (Å²) in [4.78, 5) is 13.2. The van der Waals surface area contributed by atoms with Gasteiger partial charge in [-0.2, -0.15) is 0 Å². The summed E-state index contributed by atoms with van der Waals surface area (Å²) in [6, 6.07) is 11.0. The molecule has 126 valence electrons. The molecule has 3 N–H and O–H groups in total. The van der Waals surface area contributed by atoms with E-state index < -0.39 is 0 Å². The fraction of sp³-hybridized carbons (Fsp3) is 0.316. The van der Waals surface area contributed by atoms with E-state index in [1.54, 1.807) is 17.0 Å². The van der Waals surface area contributed by atoms with E-state index in [2.05, 4.69) is 0 Å². The van der Waals surface area contributed by atoms with Crippen molar-refractivity contribution in [2.75, 3.05) is 6.54 Å². The molecule has 1 atom stereocenters. The molecule has 0 spiro atoms. The second kappa shape index (κ2) is 7.03. The summed E-state index contributed by atoms with van der Waals surface area (Å²) >= 11 is 0. The monoisotopic (exact) mass is 327 g/mol. The number of hydrogen-bond donors (Lipinski definition) is 3. The molecule has 0 bridgehead atoms. The smallest absolute Gasteiger partial charge is 0.210 e. The minimum absolute atomic E-state index is 0.00579. The van der Waals surface area contributed by atoms with Crippen LogP contribution in [0.25, 0.3) is 0 Å². The van der Waals surface area contributed by atoms with Gasteiger partial charge in [0, 0.05) is 12.1 Å². The van der Waals surface area contributed by atoms with E-state index in [4.69, 9.17) is 5.11 Å². The molecule has 0 aliphatic carbocycles. The fourth-order valence-electron chi connectivity index (χ4n) is 3.33. The zero-order valence-electron chi connectivity index (χ0n) is 13.4. The normalized spacial score (nSPS) is 16.8. The van der Waals surface area contributed by atoms with Gasteiger partial charge in [-0.25, -0.2) is 0 Å². The largest absolute Gasteiger partial charge is 0.508 e. The van der Waals surface area contributed by atoms with Crippen molar-refractivity contribution in [2.45, 2.75) is 32.1 Å². The third-order valence-electron chi connectivity index (χ3n) is 4.67. The summed E-state index contributed by atoms with van der Waals surface area (Å²) in [5.74, 6) is 0.0688. The summed E-state index contributed by atoms with van der Waals surface area (Å²) in [5, 5.41) is 28.4. The van der Waals surface area contributed by atoms with E-state index in [0.29, 0.717) is 18.5 Å². The van der Waals surface area contributed by atoms with Gasteiger partial charge < -0.3 is 20.2 Å². The van der Waals surface area contributed by atoms with Crippen molar-refractivity contribution < 1.29 is 20.1 Å². The number of fused-ring (bicyclic) bond motifs is 1. The van der Waals surface area contributed by atoms with Crippen molar-refractivity contribution >= 4 is 6.41 Å². The first kappa shape index (κ1) is 16.5. The molecule has 2 aromatic carbocycles. The highest BCUT2D eigenvalue weighted by molar-refractivity contribution is 5.52. The number of benzene rings is 2. The predicted octanol–water partition coefficient (Wildman–Crippen LogP) is 1.68. The molecule has 5 nitrogen and oxygen atoms in total. The van der Waals surface area contributed by atoms with Crippen molar-refractivity contribution in [1.82, 2.24) is 4.90 Å². The molecule has 5 heteroatoms. The lowest BCUT2D eigenvalue weighted by Crippen LogP contribution is -2.35. The Morgan fingerprint density at radius 1 is 1.08 bits per heavy atom. The van der Waals surface area contributed by atoms with Crippen LogP contribution in [-0.2, 0) is 30.8 Å². The van der Waals surface area contributed by atoms with Crippen LogP contribution >= 0.6 is 0 Å². The summed E-state index contributed by atoms with van der Waals surface area (Å²) in [7, 11) is 0. The highest BCUT2D eigenvalue weighted by Gasteiger charge is 2.26. The van der Waals surface area contributed by atoms with Gasteiger partial charge in [0.05, 0.1) is 19.3 Å². The first-order valence-electron chi connectivity index (χ1n) is 8.01. The van der Waals surface area contributed by atoms with E-state index in [1.165, 1.54) is 0 Å². The molecule has 0 fully saturated rings. The third kappa shape index (κ3) is 3.13. The van der Waals surface area contributed by atoms with Crippen LogP contribution < -0.4 is 0 Å². The molecule has 0 aromatic heterocycles. The lowest BCUT2D eigenvalue weighted by atomic mass is 9.88. The van der Waals surface area contributed by atoms with Crippen molar-refractivity contribution in [3.63, 3.8) is 0 Å². The van der Waals surface area contributed by atoms with Crippen LogP contribution in [0, 0.1) is 0 Å². The lowest BCUT2D eigenvalue weighted by molar-refractivity contribution is -0.120. The van der Waals surface area contributed by atoms with Gasteiger partial charge in [-0.3, -0.25) is 4.79 Å². The molecule has 3 rings (SSSR count). The topological polar surface area (TPSA) is 81.0 Å². The Labute approximate surface area is 140 Å². The summed E-state index contributed by atoms with van der Waals surface area (Å²) < 4.78 is 0. The Morgan fingerprint density at radius 2 is 1.88 bits per heavy atom. The number of phenols is 1. The van der Waals surface area contributed by atoms with Crippen LogP contribution in [0.3, 0.4) is 0 Å². The molecule has 2 aromatic rings. The molecule has 0 saturated heterocycles. The Bertz CT molecular complexity index is 744. The molecule has 1 amide bonds. The van der Waals surface area contributed by atoms with E-state index in [-0.39, 0.29) is 25.0 Å². The Morgan fingerprint density at radius 3 is 2.54 bits per heavy atom. The molecular weight excluding hydrogens is 306 g/mol. The number of amides is 1. The number of aromatic hydroxyl groups is 1. The van der Waals surface area contributed by atoms with E-state index in [9.17, 15) is 15.0 Å². The molecule has 24 heavy (non-hydrogen) atoms. The van der Waals surface area contributed by atoms with Crippen LogP contribution in [0.2, 0.25) is 0 Å². The first-order chi connectivity index (χ1) is 11.7. The van der Waals surface area contributed by atoms with E-state index in [0.717, 1.165) is 35.1 Å². The van der Waals surface area contributed by atoms with Crippen LogP contribution in [0.5, 0.6) is 5.75 Å². The highest BCUT2D eigenvalue weighted by atomic mass is 16.3. The van der Waals surface area contributed by atoms with Crippen LogP contribution in [-0.4, -0.2) is 33.2 Å². The number of aliphatic hydroxyl groups is 2. The molecule has 1 heterocycles. The average Bonchev–Trinajstić information content (AvgIpc) is 2.61. The van der Waals surface area contributed by atoms with Gasteiger partial charge in [0.25, 0.3) is 0 Å². The minimum atomic E-state index is -0.206. The molecule has 1 aliphatic heterocycles. The molecule has 1 aliphatic rings. The van der Waals surface area contributed by atoms with Crippen LogP contribution in [0.1, 0.15) is 33.9 Å². The standard InChI is InChI=1S/C19H21NO4/c21-10-14-2-4-17-15(7-14)5-6-20(12-23)18(17)8-13-1-3-16(11-22)19(24)9-13/h1-4,7,9,12,18,21-22,24H,5-6,8,10-11H2. The second-order valence-electron chi connectivity index (χ2n) is 6.13. The second-order valence-corrected chi connectivity index (χ2v) is 6.13. The van der Waals surface area contributed by atoms with Gasteiger partial charge in [0.1, 0.15) is 5.75 Å². The number of hydrogen-bond acceptors (Lipinski definition) is 4. The summed E-state index contributed by atoms with van der Waals surface area (Å²) in [6.45, 7) is 0.436. The molecule has 0 radical (unpaired) electrons. The Kier molecular flexibility index (Phi) is 4.83. The molecule has 0 saturated carbocycles. The predicted molar refractivity (Wildman–Crippen MR) is 89.3 cm³/mol. The number of nitrogens with zero attached hydrogens (tertiary/aromatic N) is 1. The number of aliphatic hydroxyl groups excluding tert-OH is 2. The maximum absolute atomic E-state index is 11.5. The maximum Gasteiger partial charge on any atom is 0.210 e. The number of carbonyl (C=O) groups excluding carboxylic acids is 1. The SMILES string of the molecule is O=CN1CCc2cc(CO)ccc2C1Cc1ccc(CO)c(O)c1. The fourth-order valence-corrected chi connectivity index (χ4v) is 3.33. The quantitative estimate of drug-likeness (QED) is 0.730. The van der Waals surface area contributed by atoms with Crippen molar-refractivity contribution in [1.29, 1.82) is 0 Å². The molecular formula is C19H21NO4. The Balaban J connectivity index is 1.93.